The molecule has 7 heteroatoms. The molecule has 3 aromatic rings. The number of hydrogen-bond donors (Lipinski definition) is 1. The van der Waals surface area contributed by atoms with Crippen molar-refractivity contribution in [1.29, 1.82) is 0 Å². The molecule has 1 N–H and O–H groups in total. The van der Waals surface area contributed by atoms with Crippen molar-refractivity contribution >= 4 is 17.6 Å². The summed E-state index contributed by atoms with van der Waals surface area (Å²) in [6.07, 6.45) is -1.05. The molecule has 1 amide bonds. The molecular formula is C23H20N2O5. The lowest BCUT2D eigenvalue weighted by atomic mass is 9.98. The molecule has 0 heterocycles. The molecule has 152 valence electrons. The van der Waals surface area contributed by atoms with Crippen molar-refractivity contribution in [3.8, 4) is 0 Å². The van der Waals surface area contributed by atoms with E-state index in [9.17, 15) is 19.7 Å². The maximum absolute atomic E-state index is 12.7. The molecule has 7 nitrogen and oxygen atoms in total. The first-order valence-corrected chi connectivity index (χ1v) is 9.31. The summed E-state index contributed by atoms with van der Waals surface area (Å²) >= 11 is 0. The van der Waals surface area contributed by atoms with Crippen LogP contribution in [0.5, 0.6) is 0 Å². The van der Waals surface area contributed by atoms with Gasteiger partial charge in [-0.2, -0.15) is 0 Å². The lowest BCUT2D eigenvalue weighted by Crippen LogP contribution is -2.38. The van der Waals surface area contributed by atoms with Crippen LogP contribution in [-0.4, -0.2) is 22.9 Å². The molecule has 0 saturated heterocycles. The Hall–Kier alpha value is -4.00. The summed E-state index contributed by atoms with van der Waals surface area (Å²) in [4.78, 5) is 35.2. The highest BCUT2D eigenvalue weighted by atomic mass is 16.6. The first kappa shape index (κ1) is 20.7. The number of carbonyl (C=O) groups is 2. The molecule has 0 fully saturated rings. The van der Waals surface area contributed by atoms with Gasteiger partial charge in [0.2, 0.25) is 0 Å². The van der Waals surface area contributed by atoms with Gasteiger partial charge >= 0.3 is 5.97 Å². The second-order valence-electron chi connectivity index (χ2n) is 6.61. The van der Waals surface area contributed by atoms with Gasteiger partial charge in [-0.3, -0.25) is 14.9 Å². The fourth-order valence-electron chi connectivity index (χ4n) is 2.91. The number of esters is 1. The number of rotatable bonds is 7. The van der Waals surface area contributed by atoms with Crippen LogP contribution in [0.2, 0.25) is 0 Å². The van der Waals surface area contributed by atoms with Crippen LogP contribution >= 0.6 is 0 Å². The number of nitrogens with zero attached hydrogens (tertiary/aromatic N) is 1. The Morgan fingerprint density at radius 3 is 1.83 bits per heavy atom. The van der Waals surface area contributed by atoms with Gasteiger partial charge in [0.05, 0.1) is 16.5 Å². The van der Waals surface area contributed by atoms with Crippen LogP contribution in [0.1, 0.15) is 34.5 Å². The van der Waals surface area contributed by atoms with E-state index in [-0.39, 0.29) is 11.3 Å². The molecule has 0 aliphatic rings. The largest absolute Gasteiger partial charge is 0.449 e. The number of ether oxygens (including phenoxy) is 1. The molecule has 30 heavy (non-hydrogen) atoms. The van der Waals surface area contributed by atoms with Crippen LogP contribution in [0, 0.1) is 10.1 Å². The van der Waals surface area contributed by atoms with Crippen molar-refractivity contribution < 1.29 is 19.2 Å². The van der Waals surface area contributed by atoms with Crippen LogP contribution in [0.25, 0.3) is 0 Å². The van der Waals surface area contributed by atoms with Gasteiger partial charge in [-0.25, -0.2) is 4.79 Å². The van der Waals surface area contributed by atoms with Gasteiger partial charge in [0, 0.05) is 12.1 Å². The third kappa shape index (κ3) is 5.08. The number of hydrogen-bond acceptors (Lipinski definition) is 5. The Bertz CT molecular complexity index is 981. The van der Waals surface area contributed by atoms with Gasteiger partial charge in [-0.05, 0) is 30.2 Å². The van der Waals surface area contributed by atoms with Gasteiger partial charge < -0.3 is 10.1 Å². The molecule has 0 radical (unpaired) electrons. The van der Waals surface area contributed by atoms with Gasteiger partial charge in [0.1, 0.15) is 0 Å². The molecule has 0 aromatic heterocycles. The Morgan fingerprint density at radius 1 is 0.867 bits per heavy atom. The summed E-state index contributed by atoms with van der Waals surface area (Å²) in [6, 6.07) is 23.6. The minimum Gasteiger partial charge on any atom is -0.449 e. The van der Waals surface area contributed by atoms with Gasteiger partial charge in [0.15, 0.2) is 6.10 Å². The zero-order valence-electron chi connectivity index (χ0n) is 16.2. The molecule has 1 atom stereocenters. The molecule has 0 aliphatic heterocycles. The number of nitro groups is 1. The highest BCUT2D eigenvalue weighted by molar-refractivity contribution is 5.92. The van der Waals surface area contributed by atoms with Crippen molar-refractivity contribution in [2.24, 2.45) is 0 Å². The molecule has 3 aromatic carbocycles. The van der Waals surface area contributed by atoms with Gasteiger partial charge in [-0.1, -0.05) is 60.7 Å². The van der Waals surface area contributed by atoms with Crippen LogP contribution in [0.15, 0.2) is 84.9 Å². The summed E-state index contributed by atoms with van der Waals surface area (Å²) in [6.45, 7) is 1.48. The number of non-ortho nitro benzene ring substituents is 1. The highest BCUT2D eigenvalue weighted by Crippen LogP contribution is 2.22. The van der Waals surface area contributed by atoms with Crippen molar-refractivity contribution in [1.82, 2.24) is 5.32 Å². The smallest absolute Gasteiger partial charge is 0.338 e. The molecule has 0 aliphatic carbocycles. The van der Waals surface area contributed by atoms with E-state index in [0.717, 1.165) is 11.1 Å². The maximum atomic E-state index is 12.7. The summed E-state index contributed by atoms with van der Waals surface area (Å²) in [5.41, 5.74) is 1.78. The van der Waals surface area contributed by atoms with Crippen LogP contribution in [0.4, 0.5) is 5.69 Å². The van der Waals surface area contributed by atoms with Gasteiger partial charge in [0.25, 0.3) is 11.6 Å². The monoisotopic (exact) mass is 404 g/mol. The summed E-state index contributed by atoms with van der Waals surface area (Å²) < 4.78 is 5.25. The highest BCUT2D eigenvalue weighted by Gasteiger charge is 2.23. The predicted octanol–water partition coefficient (Wildman–Crippen LogP) is 4.05. The minimum atomic E-state index is -1.05. The standard InChI is InChI=1S/C23H20N2O5/c1-16(30-23(27)19-12-14-20(15-13-19)25(28)29)22(26)24-21(17-8-4-2-5-9-17)18-10-6-3-7-11-18/h2-16,21H,1H3,(H,24,26)/t16-/m1/s1. The van der Waals surface area contributed by atoms with E-state index in [2.05, 4.69) is 5.32 Å². The summed E-state index contributed by atoms with van der Waals surface area (Å²) in [5.74, 6) is -1.19. The normalized spacial score (nSPS) is 11.5. The third-order valence-electron chi connectivity index (χ3n) is 4.52. The third-order valence-corrected chi connectivity index (χ3v) is 4.52. The predicted molar refractivity (Wildman–Crippen MR) is 111 cm³/mol. The average Bonchev–Trinajstić information content (AvgIpc) is 2.78. The number of amides is 1. The second-order valence-corrected chi connectivity index (χ2v) is 6.61. The zero-order valence-corrected chi connectivity index (χ0v) is 16.2. The quantitative estimate of drug-likeness (QED) is 0.364. The molecular weight excluding hydrogens is 384 g/mol. The number of benzene rings is 3. The van der Waals surface area contributed by atoms with E-state index in [0.29, 0.717) is 0 Å². The first-order valence-electron chi connectivity index (χ1n) is 9.31. The van der Waals surface area contributed by atoms with E-state index >= 15 is 0 Å². The van der Waals surface area contributed by atoms with Crippen LogP contribution in [-0.2, 0) is 9.53 Å². The van der Waals surface area contributed by atoms with Gasteiger partial charge in [-0.15, -0.1) is 0 Å². The van der Waals surface area contributed by atoms with Crippen molar-refractivity contribution in [2.75, 3.05) is 0 Å². The van der Waals surface area contributed by atoms with Crippen LogP contribution < -0.4 is 5.32 Å². The van der Waals surface area contributed by atoms with E-state index in [1.165, 1.54) is 31.2 Å². The average molecular weight is 404 g/mol. The van der Waals surface area contributed by atoms with E-state index in [1.54, 1.807) is 0 Å². The molecule has 0 saturated carbocycles. The SMILES string of the molecule is C[C@@H](OC(=O)c1ccc([N+](=O)[O-])cc1)C(=O)NC(c1ccccc1)c1ccccc1. The van der Waals surface area contributed by atoms with Crippen LogP contribution in [0.3, 0.4) is 0 Å². The Balaban J connectivity index is 1.71. The molecule has 3 rings (SSSR count). The molecule has 0 spiro atoms. The minimum absolute atomic E-state index is 0.128. The zero-order chi connectivity index (χ0) is 21.5. The second kappa shape index (κ2) is 9.47. The van der Waals surface area contributed by atoms with Crippen molar-refractivity contribution in [3.05, 3.63) is 112 Å². The van der Waals surface area contributed by atoms with E-state index < -0.39 is 28.9 Å². The van der Waals surface area contributed by atoms with E-state index in [1.807, 2.05) is 60.7 Å². The number of carbonyl (C=O) groups excluding carboxylic acids is 2. The maximum Gasteiger partial charge on any atom is 0.338 e. The first-order chi connectivity index (χ1) is 14.5. The van der Waals surface area contributed by atoms with E-state index in [4.69, 9.17) is 4.74 Å². The lowest BCUT2D eigenvalue weighted by Gasteiger charge is -2.22. The molecule has 0 unspecified atom stereocenters. The number of nitrogens with one attached hydrogen (secondary N) is 1. The topological polar surface area (TPSA) is 98.5 Å². The Labute approximate surface area is 173 Å². The lowest BCUT2D eigenvalue weighted by molar-refractivity contribution is -0.384. The fraction of sp³-hybridized carbons (Fsp3) is 0.130. The number of nitro benzene ring substituents is 1. The Kier molecular flexibility index (Phi) is 6.54. The van der Waals surface area contributed by atoms with Crippen molar-refractivity contribution in [3.63, 3.8) is 0 Å². The fourth-order valence-corrected chi connectivity index (χ4v) is 2.91. The molecule has 0 bridgehead atoms. The Morgan fingerprint density at radius 2 is 1.37 bits per heavy atom. The summed E-state index contributed by atoms with van der Waals surface area (Å²) in [5, 5.41) is 13.6. The summed E-state index contributed by atoms with van der Waals surface area (Å²) in [7, 11) is 0. The van der Waals surface area contributed by atoms with Crippen molar-refractivity contribution in [2.45, 2.75) is 19.1 Å².